The van der Waals surface area contributed by atoms with Gasteiger partial charge in [-0.05, 0) is 23.8 Å². The van der Waals surface area contributed by atoms with Crippen LogP contribution in [0.25, 0.3) is 0 Å². The molecule has 0 aromatic heterocycles. The Bertz CT molecular complexity index is 673. The van der Waals surface area contributed by atoms with E-state index in [9.17, 15) is 4.57 Å². The Morgan fingerprint density at radius 1 is 0.950 bits per heavy atom. The van der Waals surface area contributed by atoms with Crippen molar-refractivity contribution in [1.82, 2.24) is 0 Å². The van der Waals surface area contributed by atoms with Crippen LogP contribution in [0.15, 0.2) is 54.6 Å². The molecule has 0 bridgehead atoms. The second-order valence-electron chi connectivity index (χ2n) is 6.27. The first-order valence-corrected chi connectivity index (χ1v) is 8.62. The lowest BCUT2D eigenvalue weighted by atomic mass is 10.2. The number of rotatable bonds is 1. The van der Waals surface area contributed by atoms with Crippen LogP contribution >= 0.6 is 7.29 Å². The van der Waals surface area contributed by atoms with Gasteiger partial charge in [0.15, 0.2) is 0 Å². The monoisotopic (exact) mass is 285 g/mol. The molecule has 0 amide bonds. The van der Waals surface area contributed by atoms with Gasteiger partial charge in [0, 0.05) is 16.1 Å². The van der Waals surface area contributed by atoms with E-state index in [0.717, 1.165) is 17.5 Å². The summed E-state index contributed by atoms with van der Waals surface area (Å²) in [6.07, 6.45) is 0. The maximum Gasteiger partial charge on any atom is 0.206 e. The molecule has 0 N–H and O–H groups in total. The van der Waals surface area contributed by atoms with Crippen molar-refractivity contribution in [3.8, 4) is 0 Å². The number of nitrogens with zero attached hydrogens (tertiary/aromatic N) is 1. The van der Waals surface area contributed by atoms with E-state index in [1.54, 1.807) is 0 Å². The van der Waals surface area contributed by atoms with Gasteiger partial charge in [0.25, 0.3) is 0 Å². The van der Waals surface area contributed by atoms with Gasteiger partial charge in [0.1, 0.15) is 0 Å². The molecule has 1 aliphatic rings. The first kappa shape index (κ1) is 13.5. The number of hydrogen-bond donors (Lipinski definition) is 0. The summed E-state index contributed by atoms with van der Waals surface area (Å²) >= 11 is 0. The zero-order valence-corrected chi connectivity index (χ0v) is 13.1. The maximum absolute atomic E-state index is 13.9. The Morgan fingerprint density at radius 2 is 1.55 bits per heavy atom. The first-order valence-electron chi connectivity index (χ1n) is 6.96. The van der Waals surface area contributed by atoms with Gasteiger partial charge in [0.05, 0.1) is 6.54 Å². The first-order chi connectivity index (χ1) is 9.44. The van der Waals surface area contributed by atoms with E-state index in [-0.39, 0.29) is 5.16 Å². The molecule has 3 heteroatoms. The summed E-state index contributed by atoms with van der Waals surface area (Å²) < 4.78 is 16.0. The van der Waals surface area contributed by atoms with Gasteiger partial charge in [0.2, 0.25) is 7.29 Å². The second-order valence-corrected chi connectivity index (χ2v) is 9.73. The van der Waals surface area contributed by atoms with E-state index in [0.29, 0.717) is 0 Å². The molecule has 0 radical (unpaired) electrons. The molecule has 2 nitrogen and oxygen atoms in total. The van der Waals surface area contributed by atoms with Crippen LogP contribution < -0.4 is 9.97 Å². The van der Waals surface area contributed by atoms with Gasteiger partial charge < -0.3 is 4.67 Å². The van der Waals surface area contributed by atoms with Gasteiger partial charge in [-0.3, -0.25) is 4.57 Å². The van der Waals surface area contributed by atoms with Gasteiger partial charge >= 0.3 is 0 Å². The van der Waals surface area contributed by atoms with Crippen molar-refractivity contribution >= 4 is 18.3 Å². The predicted octanol–water partition coefficient (Wildman–Crippen LogP) is 4.41. The van der Waals surface area contributed by atoms with Crippen molar-refractivity contribution in [1.29, 1.82) is 0 Å². The average molecular weight is 285 g/mol. The third-order valence-electron chi connectivity index (χ3n) is 3.94. The van der Waals surface area contributed by atoms with Crippen LogP contribution in [-0.4, -0.2) is 5.16 Å². The highest BCUT2D eigenvalue weighted by Gasteiger charge is 2.48. The molecule has 1 unspecified atom stereocenters. The smallest absolute Gasteiger partial charge is 0.206 e. The Balaban J connectivity index is 2.21. The van der Waals surface area contributed by atoms with Gasteiger partial charge in [-0.15, -0.1) is 0 Å². The Kier molecular flexibility index (Phi) is 3.02. The number of fused-ring (bicyclic) bond motifs is 1. The van der Waals surface area contributed by atoms with Crippen molar-refractivity contribution in [2.24, 2.45) is 0 Å². The number of para-hydroxylation sites is 1. The van der Waals surface area contributed by atoms with Crippen LogP contribution in [0, 0.1) is 0 Å². The topological polar surface area (TPSA) is 20.3 Å². The van der Waals surface area contributed by atoms with E-state index in [2.05, 4.69) is 31.5 Å². The lowest BCUT2D eigenvalue weighted by molar-refractivity contribution is 0.554. The molecule has 3 rings (SSSR count). The minimum atomic E-state index is -2.64. The molecule has 0 fully saturated rings. The van der Waals surface area contributed by atoms with Crippen LogP contribution in [-0.2, 0) is 11.1 Å². The maximum atomic E-state index is 13.9. The molecule has 0 spiro atoms. The highest BCUT2D eigenvalue weighted by Crippen LogP contribution is 2.64. The second kappa shape index (κ2) is 4.49. The molecule has 2 aromatic carbocycles. The molecule has 0 saturated carbocycles. The van der Waals surface area contributed by atoms with Crippen molar-refractivity contribution in [2.75, 3.05) is 4.67 Å². The van der Waals surface area contributed by atoms with Crippen LogP contribution in [0.2, 0.25) is 0 Å². The fraction of sp³-hybridized carbons (Fsp3) is 0.294. The third kappa shape index (κ3) is 1.83. The summed E-state index contributed by atoms with van der Waals surface area (Å²) in [5, 5.41) is 0.742. The summed E-state index contributed by atoms with van der Waals surface area (Å²) in [5.41, 5.74) is 2.23. The van der Waals surface area contributed by atoms with E-state index in [1.165, 1.54) is 5.56 Å². The highest BCUT2D eigenvalue weighted by atomic mass is 31.2. The fourth-order valence-corrected chi connectivity index (χ4v) is 6.25. The molecule has 0 aliphatic carbocycles. The van der Waals surface area contributed by atoms with E-state index >= 15 is 0 Å². The van der Waals surface area contributed by atoms with E-state index in [1.807, 2.05) is 48.5 Å². The number of anilines is 1. The Hall–Kier alpha value is -1.53. The highest BCUT2D eigenvalue weighted by molar-refractivity contribution is 7.75. The predicted molar refractivity (Wildman–Crippen MR) is 86.1 cm³/mol. The van der Waals surface area contributed by atoms with E-state index < -0.39 is 7.29 Å². The molecule has 20 heavy (non-hydrogen) atoms. The minimum absolute atomic E-state index is 0.282. The largest absolute Gasteiger partial charge is 0.314 e. The molecule has 1 aliphatic heterocycles. The summed E-state index contributed by atoms with van der Waals surface area (Å²) in [4.78, 5) is 0. The summed E-state index contributed by atoms with van der Waals surface area (Å²) in [6.45, 7) is 6.96. The van der Waals surface area contributed by atoms with Gasteiger partial charge in [-0.1, -0.05) is 57.2 Å². The molecule has 1 heterocycles. The van der Waals surface area contributed by atoms with Crippen molar-refractivity contribution in [2.45, 2.75) is 32.5 Å². The molecule has 2 aromatic rings. The zero-order chi connectivity index (χ0) is 14.4. The normalized spacial score (nSPS) is 21.9. The Labute approximate surface area is 120 Å². The summed E-state index contributed by atoms with van der Waals surface area (Å²) in [5.74, 6) is 0. The molecule has 104 valence electrons. The quantitative estimate of drug-likeness (QED) is 0.723. The zero-order valence-electron chi connectivity index (χ0n) is 12.2. The van der Waals surface area contributed by atoms with Crippen molar-refractivity contribution < 1.29 is 4.57 Å². The number of benzene rings is 2. The Morgan fingerprint density at radius 3 is 2.20 bits per heavy atom. The third-order valence-corrected chi connectivity index (χ3v) is 7.90. The lowest BCUT2D eigenvalue weighted by Gasteiger charge is -2.37. The lowest BCUT2D eigenvalue weighted by Crippen LogP contribution is -2.30. The van der Waals surface area contributed by atoms with Crippen LogP contribution in [0.4, 0.5) is 5.69 Å². The molecular weight excluding hydrogens is 265 g/mol. The average Bonchev–Trinajstić information content (AvgIpc) is 2.75. The molecular formula is C17H20NOP. The van der Waals surface area contributed by atoms with Crippen molar-refractivity contribution in [3.05, 3.63) is 60.2 Å². The molecule has 0 saturated heterocycles. The fourth-order valence-electron chi connectivity index (χ4n) is 2.91. The van der Waals surface area contributed by atoms with Crippen molar-refractivity contribution in [3.63, 3.8) is 0 Å². The van der Waals surface area contributed by atoms with Gasteiger partial charge in [-0.2, -0.15) is 0 Å². The van der Waals surface area contributed by atoms with Gasteiger partial charge in [-0.25, -0.2) is 0 Å². The van der Waals surface area contributed by atoms with Crippen LogP contribution in [0.1, 0.15) is 26.3 Å². The van der Waals surface area contributed by atoms with Crippen LogP contribution in [0.3, 0.4) is 0 Å². The SMILES string of the molecule is CC(C)(C)P1(=O)c2ccccc2CN1c1ccccc1. The molecule has 1 atom stereocenters. The standard InChI is InChI=1S/C17H20NOP/c1-17(2,3)20(19)16-12-8-7-9-14(16)13-18(20)15-10-5-4-6-11-15/h4-12H,13H2,1-3H3. The minimum Gasteiger partial charge on any atom is -0.314 e. The number of hydrogen-bond acceptors (Lipinski definition) is 1. The van der Waals surface area contributed by atoms with E-state index in [4.69, 9.17) is 0 Å². The summed E-state index contributed by atoms with van der Waals surface area (Å²) in [7, 11) is -2.64. The van der Waals surface area contributed by atoms with Crippen LogP contribution in [0.5, 0.6) is 0 Å². The summed E-state index contributed by atoms with van der Waals surface area (Å²) in [6, 6.07) is 18.2.